The Morgan fingerprint density at radius 2 is 2.44 bits per heavy atom. The summed E-state index contributed by atoms with van der Waals surface area (Å²) in [5.74, 6) is 0. The Morgan fingerprint density at radius 1 is 1.78 bits per heavy atom. The molecule has 0 saturated heterocycles. The topological polar surface area (TPSA) is 49.0 Å². The number of nitrogens with zero attached hydrogens (tertiary/aromatic N) is 2. The average molecular weight is 122 g/mol. The van der Waals surface area contributed by atoms with Crippen molar-refractivity contribution in [3.8, 4) is 6.07 Å². The lowest BCUT2D eigenvalue weighted by Gasteiger charge is -1.86. The number of rotatable bonds is 0. The Morgan fingerprint density at radius 3 is 2.67 bits per heavy atom. The van der Waals surface area contributed by atoms with E-state index in [1.54, 1.807) is 6.07 Å². The van der Waals surface area contributed by atoms with Crippen molar-refractivity contribution in [3.63, 3.8) is 0 Å². The SMILES string of the molecule is Cc1cc(C#N)n(O)c1. The van der Waals surface area contributed by atoms with E-state index in [4.69, 9.17) is 10.5 Å². The Kier molecular flexibility index (Phi) is 1.16. The first-order valence-electron chi connectivity index (χ1n) is 2.52. The van der Waals surface area contributed by atoms with Gasteiger partial charge in [0, 0.05) is 6.20 Å². The lowest BCUT2D eigenvalue weighted by Crippen LogP contribution is -1.88. The smallest absolute Gasteiger partial charge is 0.156 e. The van der Waals surface area contributed by atoms with Crippen LogP contribution in [0.5, 0.6) is 0 Å². The second-order valence-electron chi connectivity index (χ2n) is 1.86. The van der Waals surface area contributed by atoms with Gasteiger partial charge in [-0.05, 0) is 18.6 Å². The Balaban J connectivity index is 3.20. The Labute approximate surface area is 52.7 Å². The number of aryl methyl sites for hydroxylation is 1. The largest absolute Gasteiger partial charge is 0.428 e. The standard InChI is InChI=1S/C6H6N2O/c1-5-2-6(3-7)8(9)4-5/h2,4,9H,1H3. The fourth-order valence-corrected chi connectivity index (χ4v) is 0.665. The summed E-state index contributed by atoms with van der Waals surface area (Å²) in [6.07, 6.45) is 1.48. The highest BCUT2D eigenvalue weighted by atomic mass is 16.5. The van der Waals surface area contributed by atoms with Crippen molar-refractivity contribution in [2.75, 3.05) is 0 Å². The van der Waals surface area contributed by atoms with E-state index >= 15 is 0 Å². The van der Waals surface area contributed by atoms with Crippen LogP contribution in [0.15, 0.2) is 12.3 Å². The van der Waals surface area contributed by atoms with Gasteiger partial charge in [0.2, 0.25) is 0 Å². The van der Waals surface area contributed by atoms with E-state index in [0.29, 0.717) is 0 Å². The van der Waals surface area contributed by atoms with Gasteiger partial charge in [-0.3, -0.25) is 0 Å². The van der Waals surface area contributed by atoms with Crippen molar-refractivity contribution in [1.29, 1.82) is 5.26 Å². The molecule has 1 N–H and O–H groups in total. The zero-order valence-electron chi connectivity index (χ0n) is 5.00. The molecule has 0 spiro atoms. The van der Waals surface area contributed by atoms with Crippen LogP contribution in [0.25, 0.3) is 0 Å². The van der Waals surface area contributed by atoms with Gasteiger partial charge >= 0.3 is 0 Å². The lowest BCUT2D eigenvalue weighted by molar-refractivity contribution is 0.184. The maximum Gasteiger partial charge on any atom is 0.156 e. The molecule has 0 aromatic carbocycles. The molecule has 0 aliphatic rings. The second kappa shape index (κ2) is 1.82. The number of aromatic nitrogens is 1. The van der Waals surface area contributed by atoms with Crippen LogP contribution < -0.4 is 0 Å². The van der Waals surface area contributed by atoms with Crippen LogP contribution in [0.1, 0.15) is 11.3 Å². The van der Waals surface area contributed by atoms with E-state index < -0.39 is 0 Å². The molecule has 9 heavy (non-hydrogen) atoms. The fraction of sp³-hybridized carbons (Fsp3) is 0.167. The summed E-state index contributed by atoms with van der Waals surface area (Å²) in [6.45, 7) is 1.81. The van der Waals surface area contributed by atoms with Crippen LogP contribution in [0.2, 0.25) is 0 Å². The zero-order chi connectivity index (χ0) is 6.85. The molecule has 0 amide bonds. The van der Waals surface area contributed by atoms with Crippen LogP contribution in [-0.2, 0) is 0 Å². The van der Waals surface area contributed by atoms with E-state index in [-0.39, 0.29) is 5.69 Å². The van der Waals surface area contributed by atoms with Gasteiger partial charge in [0.05, 0.1) is 0 Å². The van der Waals surface area contributed by atoms with Crippen molar-refractivity contribution >= 4 is 0 Å². The number of hydrogen-bond acceptors (Lipinski definition) is 2. The van der Waals surface area contributed by atoms with Gasteiger partial charge in [-0.1, -0.05) is 0 Å². The molecule has 3 heteroatoms. The summed E-state index contributed by atoms with van der Waals surface area (Å²) in [6, 6.07) is 3.44. The van der Waals surface area contributed by atoms with Crippen molar-refractivity contribution in [2.24, 2.45) is 0 Å². The van der Waals surface area contributed by atoms with Gasteiger partial charge in [0.1, 0.15) is 6.07 Å². The molecule has 0 unspecified atom stereocenters. The molecule has 0 aliphatic carbocycles. The van der Waals surface area contributed by atoms with Crippen molar-refractivity contribution in [3.05, 3.63) is 23.5 Å². The van der Waals surface area contributed by atoms with Gasteiger partial charge in [0.15, 0.2) is 5.69 Å². The molecule has 1 aromatic rings. The van der Waals surface area contributed by atoms with Crippen molar-refractivity contribution < 1.29 is 5.21 Å². The molecular weight excluding hydrogens is 116 g/mol. The predicted octanol–water partition coefficient (Wildman–Crippen LogP) is 0.905. The minimum Gasteiger partial charge on any atom is -0.428 e. The van der Waals surface area contributed by atoms with Crippen LogP contribution in [-0.4, -0.2) is 9.94 Å². The van der Waals surface area contributed by atoms with Gasteiger partial charge < -0.3 is 5.21 Å². The number of hydrogen-bond donors (Lipinski definition) is 1. The Bertz CT molecular complexity index is 257. The highest BCUT2D eigenvalue weighted by Crippen LogP contribution is 2.02. The van der Waals surface area contributed by atoms with E-state index in [1.165, 1.54) is 6.20 Å². The molecule has 1 heterocycles. The molecule has 1 aromatic heterocycles. The molecule has 1 rings (SSSR count). The summed E-state index contributed by atoms with van der Waals surface area (Å²) in [4.78, 5) is 0. The zero-order valence-corrected chi connectivity index (χ0v) is 5.00. The third-order valence-corrected chi connectivity index (χ3v) is 1.05. The molecule has 0 atom stereocenters. The first-order valence-corrected chi connectivity index (χ1v) is 2.52. The van der Waals surface area contributed by atoms with E-state index in [1.807, 2.05) is 13.0 Å². The average Bonchev–Trinajstić information content (AvgIpc) is 2.10. The van der Waals surface area contributed by atoms with Gasteiger partial charge in [-0.25, -0.2) is 0 Å². The highest BCUT2D eigenvalue weighted by molar-refractivity contribution is 5.26. The summed E-state index contributed by atoms with van der Waals surface area (Å²) in [5.41, 5.74) is 1.15. The van der Waals surface area contributed by atoms with E-state index in [2.05, 4.69) is 0 Å². The molecule has 3 nitrogen and oxygen atoms in total. The molecule has 46 valence electrons. The highest BCUT2D eigenvalue weighted by Gasteiger charge is 1.97. The van der Waals surface area contributed by atoms with Gasteiger partial charge in [-0.2, -0.15) is 9.99 Å². The molecule has 0 bridgehead atoms. The van der Waals surface area contributed by atoms with Gasteiger partial charge in [0.25, 0.3) is 0 Å². The van der Waals surface area contributed by atoms with Crippen LogP contribution in [0, 0.1) is 18.3 Å². The van der Waals surface area contributed by atoms with Crippen LogP contribution in [0.4, 0.5) is 0 Å². The molecule has 0 saturated carbocycles. The third kappa shape index (κ3) is 0.868. The quantitative estimate of drug-likeness (QED) is 0.520. The van der Waals surface area contributed by atoms with Crippen molar-refractivity contribution in [1.82, 2.24) is 4.73 Å². The molecular formula is C6H6N2O. The summed E-state index contributed by atoms with van der Waals surface area (Å²) in [5, 5.41) is 17.1. The fourth-order valence-electron chi connectivity index (χ4n) is 0.665. The lowest BCUT2D eigenvalue weighted by atomic mass is 10.3. The number of nitriles is 1. The third-order valence-electron chi connectivity index (χ3n) is 1.05. The first-order chi connectivity index (χ1) is 4.24. The molecule has 0 fully saturated rings. The summed E-state index contributed by atoms with van der Waals surface area (Å²) < 4.78 is 0.815. The van der Waals surface area contributed by atoms with Gasteiger partial charge in [-0.15, -0.1) is 0 Å². The monoisotopic (exact) mass is 122 g/mol. The molecule has 0 aliphatic heterocycles. The Hall–Kier alpha value is -1.43. The normalized spacial score (nSPS) is 8.89. The van der Waals surface area contributed by atoms with Crippen molar-refractivity contribution in [2.45, 2.75) is 6.92 Å². The van der Waals surface area contributed by atoms with E-state index in [9.17, 15) is 0 Å². The molecule has 0 radical (unpaired) electrons. The summed E-state index contributed by atoms with van der Waals surface area (Å²) in [7, 11) is 0. The minimum absolute atomic E-state index is 0.271. The maximum atomic E-state index is 8.83. The minimum atomic E-state index is 0.271. The summed E-state index contributed by atoms with van der Waals surface area (Å²) >= 11 is 0. The van der Waals surface area contributed by atoms with E-state index in [0.717, 1.165) is 10.3 Å². The first kappa shape index (κ1) is 5.70. The van der Waals surface area contributed by atoms with Crippen LogP contribution >= 0.6 is 0 Å². The maximum absolute atomic E-state index is 8.83. The van der Waals surface area contributed by atoms with Crippen LogP contribution in [0.3, 0.4) is 0 Å². The predicted molar refractivity (Wildman–Crippen MR) is 31.1 cm³/mol. The second-order valence-corrected chi connectivity index (χ2v) is 1.86.